The van der Waals surface area contributed by atoms with E-state index in [9.17, 15) is 14.0 Å². The van der Waals surface area contributed by atoms with Crippen molar-refractivity contribution in [3.05, 3.63) is 83.7 Å². The summed E-state index contributed by atoms with van der Waals surface area (Å²) < 4.78 is 13.2. The molecule has 2 saturated heterocycles. The van der Waals surface area contributed by atoms with Crippen LogP contribution >= 0.6 is 0 Å². The van der Waals surface area contributed by atoms with Gasteiger partial charge < -0.3 is 14.6 Å². The van der Waals surface area contributed by atoms with Crippen LogP contribution in [0.4, 0.5) is 4.39 Å². The molecule has 3 aromatic rings. The number of benzene rings is 3. The number of hydrogen-bond acceptors (Lipinski definition) is 3. The number of nitrogens with zero attached hydrogens (tertiary/aromatic N) is 2. The van der Waals surface area contributed by atoms with E-state index in [0.29, 0.717) is 24.6 Å². The molecular formula is C28H29FN2O2. The topological polar surface area (TPSA) is 40.6 Å². The van der Waals surface area contributed by atoms with Crippen LogP contribution in [0.1, 0.15) is 34.7 Å². The number of hydrogen-bond donors (Lipinski definition) is 0. The summed E-state index contributed by atoms with van der Waals surface area (Å²) in [5.74, 6) is 0.301. The van der Waals surface area contributed by atoms with Gasteiger partial charge in [0.25, 0.3) is 5.91 Å². The Bertz CT molecular complexity index is 1130. The van der Waals surface area contributed by atoms with E-state index >= 15 is 0 Å². The van der Waals surface area contributed by atoms with Gasteiger partial charge in [-0.25, -0.2) is 4.39 Å². The van der Waals surface area contributed by atoms with Gasteiger partial charge >= 0.3 is 0 Å². The van der Waals surface area contributed by atoms with Crippen molar-refractivity contribution in [3.63, 3.8) is 0 Å². The van der Waals surface area contributed by atoms with Crippen LogP contribution in [0.3, 0.4) is 0 Å². The van der Waals surface area contributed by atoms with E-state index in [4.69, 9.17) is 0 Å². The van der Waals surface area contributed by atoms with E-state index < -0.39 is 0 Å². The van der Waals surface area contributed by atoms with Gasteiger partial charge in [-0.15, -0.1) is 0 Å². The Hall–Kier alpha value is -3.05. The fourth-order valence-corrected chi connectivity index (χ4v) is 5.51. The first kappa shape index (κ1) is 21.8. The molecule has 2 atom stereocenters. The number of amides is 1. The summed E-state index contributed by atoms with van der Waals surface area (Å²) in [5, 5.41) is 2.01. The molecule has 4 nitrogen and oxygen atoms in total. The van der Waals surface area contributed by atoms with Gasteiger partial charge in [-0.05, 0) is 66.4 Å². The molecule has 0 saturated carbocycles. The van der Waals surface area contributed by atoms with Gasteiger partial charge in [-0.3, -0.25) is 4.79 Å². The first-order chi connectivity index (χ1) is 16.1. The second-order valence-corrected chi connectivity index (χ2v) is 9.42. The molecule has 0 aliphatic carbocycles. The van der Waals surface area contributed by atoms with E-state index in [0.717, 1.165) is 49.5 Å². The minimum atomic E-state index is -0.195. The van der Waals surface area contributed by atoms with Crippen molar-refractivity contribution in [1.82, 2.24) is 9.80 Å². The zero-order valence-corrected chi connectivity index (χ0v) is 18.7. The summed E-state index contributed by atoms with van der Waals surface area (Å²) >= 11 is 0. The molecule has 0 bridgehead atoms. The standard InChI is InChI=1S/C28H29FN2O2/c29-25-10-8-20(9-11-25)21-12-14-30(15-13-21)16-23-17-31(18-24(23)19-32)28(33)27-7-3-5-22-4-1-2-6-26(22)27/h1-11,19,21,23-24H,12-18H2/t23-,24+/m1/s1. The zero-order chi connectivity index (χ0) is 22.8. The zero-order valence-electron chi connectivity index (χ0n) is 18.7. The predicted molar refractivity (Wildman–Crippen MR) is 128 cm³/mol. The van der Waals surface area contributed by atoms with Crippen molar-refractivity contribution in [3.8, 4) is 0 Å². The predicted octanol–water partition coefficient (Wildman–Crippen LogP) is 4.75. The maximum Gasteiger partial charge on any atom is 0.254 e. The van der Waals surface area contributed by atoms with E-state index in [-0.39, 0.29) is 23.6 Å². The number of aldehydes is 1. The summed E-state index contributed by atoms with van der Waals surface area (Å²) in [6, 6.07) is 20.6. The lowest BCUT2D eigenvalue weighted by Crippen LogP contribution is -2.39. The minimum Gasteiger partial charge on any atom is -0.338 e. The van der Waals surface area contributed by atoms with E-state index in [1.165, 1.54) is 17.7 Å². The molecule has 2 aliphatic rings. The van der Waals surface area contributed by atoms with E-state index in [1.807, 2.05) is 59.5 Å². The second kappa shape index (κ2) is 9.44. The average molecular weight is 445 g/mol. The quantitative estimate of drug-likeness (QED) is 0.534. The highest BCUT2D eigenvalue weighted by atomic mass is 19.1. The van der Waals surface area contributed by atoms with Crippen molar-refractivity contribution in [2.75, 3.05) is 32.7 Å². The molecule has 3 aromatic carbocycles. The third-order valence-corrected chi connectivity index (χ3v) is 7.40. The molecule has 170 valence electrons. The number of likely N-dealkylation sites (tertiary alicyclic amines) is 2. The average Bonchev–Trinajstić information content (AvgIpc) is 3.27. The van der Waals surface area contributed by atoms with E-state index in [1.54, 1.807) is 0 Å². The number of rotatable bonds is 5. The second-order valence-electron chi connectivity index (χ2n) is 9.42. The summed E-state index contributed by atoms with van der Waals surface area (Å²) in [7, 11) is 0. The third-order valence-electron chi connectivity index (χ3n) is 7.40. The summed E-state index contributed by atoms with van der Waals surface area (Å²) in [4.78, 5) is 29.5. The molecule has 5 heteroatoms. The molecule has 0 unspecified atom stereocenters. The Morgan fingerprint density at radius 1 is 0.939 bits per heavy atom. The van der Waals surface area contributed by atoms with Gasteiger partial charge in [0.15, 0.2) is 0 Å². The molecule has 33 heavy (non-hydrogen) atoms. The van der Waals surface area contributed by atoms with Crippen LogP contribution in [0.15, 0.2) is 66.7 Å². The van der Waals surface area contributed by atoms with Gasteiger partial charge in [0.05, 0.1) is 0 Å². The maximum atomic E-state index is 13.4. The third kappa shape index (κ3) is 4.55. The number of carbonyl (C=O) groups excluding carboxylic acids is 2. The van der Waals surface area contributed by atoms with Crippen LogP contribution in [-0.2, 0) is 4.79 Å². The lowest BCUT2D eigenvalue weighted by molar-refractivity contribution is -0.111. The van der Waals surface area contributed by atoms with Crippen molar-refractivity contribution in [1.29, 1.82) is 0 Å². The number of fused-ring (bicyclic) bond motifs is 1. The Balaban J connectivity index is 1.22. The van der Waals surface area contributed by atoms with Crippen molar-refractivity contribution in [2.45, 2.75) is 18.8 Å². The largest absolute Gasteiger partial charge is 0.338 e. The summed E-state index contributed by atoms with van der Waals surface area (Å²) in [6.45, 7) is 3.85. The smallest absolute Gasteiger partial charge is 0.254 e. The number of carbonyl (C=O) groups is 2. The SMILES string of the molecule is O=C[C@@H]1CN(C(=O)c2cccc3ccccc23)C[C@H]1CN1CCC(c2ccc(F)cc2)CC1. The molecule has 0 radical (unpaired) electrons. The molecule has 1 amide bonds. The maximum absolute atomic E-state index is 13.4. The van der Waals surface area contributed by atoms with Crippen LogP contribution in [0.2, 0.25) is 0 Å². The Labute approximate surface area is 194 Å². The van der Waals surface area contributed by atoms with Crippen LogP contribution in [0, 0.1) is 17.7 Å². The molecule has 0 N–H and O–H groups in total. The highest BCUT2D eigenvalue weighted by Crippen LogP contribution is 2.31. The van der Waals surface area contributed by atoms with Crippen molar-refractivity contribution in [2.24, 2.45) is 11.8 Å². The monoisotopic (exact) mass is 444 g/mol. The minimum absolute atomic E-state index is 0.0103. The number of halogens is 1. The molecule has 2 aliphatic heterocycles. The van der Waals surface area contributed by atoms with Crippen LogP contribution < -0.4 is 0 Å². The lowest BCUT2D eigenvalue weighted by atomic mass is 9.88. The Morgan fingerprint density at radius 3 is 2.42 bits per heavy atom. The van der Waals surface area contributed by atoms with Crippen molar-refractivity contribution >= 4 is 23.0 Å². The van der Waals surface area contributed by atoms with Gasteiger partial charge in [-0.1, -0.05) is 48.5 Å². The van der Waals surface area contributed by atoms with E-state index in [2.05, 4.69) is 4.90 Å². The molecule has 2 heterocycles. The summed E-state index contributed by atoms with van der Waals surface area (Å²) in [6.07, 6.45) is 3.10. The molecule has 0 spiro atoms. The van der Waals surface area contributed by atoms with Crippen molar-refractivity contribution < 1.29 is 14.0 Å². The molecule has 5 rings (SSSR count). The fourth-order valence-electron chi connectivity index (χ4n) is 5.51. The van der Waals surface area contributed by atoms with Gasteiger partial charge in [0.2, 0.25) is 0 Å². The Morgan fingerprint density at radius 2 is 1.67 bits per heavy atom. The highest BCUT2D eigenvalue weighted by Gasteiger charge is 2.37. The first-order valence-corrected chi connectivity index (χ1v) is 11.8. The number of piperidine rings is 1. The summed E-state index contributed by atoms with van der Waals surface area (Å²) in [5.41, 5.74) is 1.91. The Kier molecular flexibility index (Phi) is 6.23. The van der Waals surface area contributed by atoms with Gasteiger partial charge in [0.1, 0.15) is 12.1 Å². The molecule has 2 fully saturated rings. The highest BCUT2D eigenvalue weighted by molar-refractivity contribution is 6.07. The van der Waals surface area contributed by atoms with Crippen LogP contribution in [-0.4, -0.2) is 54.7 Å². The molecule has 0 aromatic heterocycles. The van der Waals surface area contributed by atoms with Gasteiger partial charge in [-0.2, -0.15) is 0 Å². The fraction of sp³-hybridized carbons (Fsp3) is 0.357. The van der Waals surface area contributed by atoms with Crippen LogP contribution in [0.5, 0.6) is 0 Å². The first-order valence-electron chi connectivity index (χ1n) is 11.8. The van der Waals surface area contributed by atoms with Crippen LogP contribution in [0.25, 0.3) is 10.8 Å². The molecular weight excluding hydrogens is 415 g/mol. The normalized spacial score (nSPS) is 22.0. The van der Waals surface area contributed by atoms with Gasteiger partial charge in [0, 0.05) is 37.0 Å². The lowest BCUT2D eigenvalue weighted by Gasteiger charge is -2.34.